The van der Waals surface area contributed by atoms with E-state index >= 15 is 0 Å². The molecule has 7 nitrogen and oxygen atoms in total. The fourth-order valence-electron chi connectivity index (χ4n) is 2.97. The summed E-state index contributed by atoms with van der Waals surface area (Å²) in [6, 6.07) is 4.43. The highest BCUT2D eigenvalue weighted by Crippen LogP contribution is 2.30. The zero-order chi connectivity index (χ0) is 14.2. The summed E-state index contributed by atoms with van der Waals surface area (Å²) in [5, 5.41) is 7.36. The van der Waals surface area contributed by atoms with Gasteiger partial charge in [0.05, 0.1) is 6.33 Å². The molecule has 0 unspecified atom stereocenters. The van der Waals surface area contributed by atoms with Crippen LogP contribution in [0.25, 0.3) is 5.52 Å². The Morgan fingerprint density at radius 1 is 1.29 bits per heavy atom. The Labute approximate surface area is 121 Å². The van der Waals surface area contributed by atoms with E-state index in [-0.39, 0.29) is 5.95 Å². The molecule has 0 bridgehead atoms. The third-order valence-corrected chi connectivity index (χ3v) is 4.00. The Morgan fingerprint density at radius 2 is 2.14 bits per heavy atom. The molecule has 3 aromatic heterocycles. The van der Waals surface area contributed by atoms with E-state index in [0.29, 0.717) is 11.9 Å². The number of nitrogens with two attached hydrogens (primary N) is 1. The van der Waals surface area contributed by atoms with E-state index in [1.54, 1.807) is 4.52 Å². The van der Waals surface area contributed by atoms with Crippen LogP contribution >= 0.6 is 0 Å². The van der Waals surface area contributed by atoms with Gasteiger partial charge in [-0.25, -0.2) is 9.50 Å². The first-order chi connectivity index (χ1) is 10.3. The zero-order valence-corrected chi connectivity index (χ0v) is 11.6. The van der Waals surface area contributed by atoms with Gasteiger partial charge in [-0.15, -0.1) is 5.10 Å². The largest absolute Gasteiger partial charge is 0.366 e. The smallest absolute Gasteiger partial charge is 0.240 e. The van der Waals surface area contributed by atoms with Gasteiger partial charge in [-0.3, -0.25) is 0 Å². The normalized spacial score (nSPS) is 15.8. The van der Waals surface area contributed by atoms with Crippen molar-refractivity contribution >= 4 is 23.1 Å². The van der Waals surface area contributed by atoms with Crippen LogP contribution in [0.1, 0.15) is 31.7 Å². The number of fused-ring (bicyclic) bond motifs is 1. The number of anilines is 3. The second kappa shape index (κ2) is 4.76. The van der Waals surface area contributed by atoms with Gasteiger partial charge in [0.25, 0.3) is 0 Å². The molecule has 0 atom stereocenters. The molecule has 21 heavy (non-hydrogen) atoms. The van der Waals surface area contributed by atoms with E-state index in [1.807, 2.05) is 30.9 Å². The molecule has 1 aliphatic rings. The summed E-state index contributed by atoms with van der Waals surface area (Å²) in [7, 11) is 0. The van der Waals surface area contributed by atoms with Gasteiger partial charge < -0.3 is 15.6 Å². The molecule has 0 spiro atoms. The predicted molar refractivity (Wildman–Crippen MR) is 80.4 cm³/mol. The first-order valence-corrected chi connectivity index (χ1v) is 7.21. The lowest BCUT2D eigenvalue weighted by Crippen LogP contribution is -2.05. The topological polar surface area (TPSA) is 86.1 Å². The van der Waals surface area contributed by atoms with Crippen molar-refractivity contribution in [3.8, 4) is 0 Å². The van der Waals surface area contributed by atoms with Crippen molar-refractivity contribution < 1.29 is 0 Å². The Kier molecular flexibility index (Phi) is 2.77. The highest BCUT2D eigenvalue weighted by molar-refractivity contribution is 5.72. The predicted octanol–water partition coefficient (Wildman–Crippen LogP) is 2.37. The van der Waals surface area contributed by atoms with Gasteiger partial charge in [-0.1, -0.05) is 12.8 Å². The number of imidazole rings is 1. The number of nitrogen functional groups attached to an aromatic ring is 1. The lowest BCUT2D eigenvalue weighted by molar-refractivity contribution is 0.518. The van der Waals surface area contributed by atoms with E-state index in [9.17, 15) is 0 Å². The molecule has 3 N–H and O–H groups in total. The maximum absolute atomic E-state index is 5.73. The quantitative estimate of drug-likeness (QED) is 0.770. The standard InChI is InChI=1S/C14H17N7/c15-14-18-13(11-6-3-7-21(11)19-14)17-12-8-20(9-16-12)10-4-1-2-5-10/h3,6-10H,1-2,4-5H2,(H3,15,17,18,19). The summed E-state index contributed by atoms with van der Waals surface area (Å²) in [5.41, 5.74) is 6.61. The molecule has 0 saturated heterocycles. The van der Waals surface area contributed by atoms with Gasteiger partial charge in [0.15, 0.2) is 5.82 Å². The van der Waals surface area contributed by atoms with Crippen LogP contribution in [-0.4, -0.2) is 24.1 Å². The number of hydrogen-bond acceptors (Lipinski definition) is 5. The SMILES string of the molecule is Nc1nc(Nc2cn(C3CCCC3)cn2)c2cccn2n1. The van der Waals surface area contributed by atoms with Crippen molar-refractivity contribution in [1.29, 1.82) is 0 Å². The number of nitrogens with zero attached hydrogens (tertiary/aromatic N) is 5. The van der Waals surface area contributed by atoms with E-state index in [2.05, 4.69) is 25.0 Å². The Balaban J connectivity index is 1.63. The third-order valence-electron chi connectivity index (χ3n) is 4.00. The summed E-state index contributed by atoms with van der Waals surface area (Å²) in [6.45, 7) is 0. The molecular weight excluding hydrogens is 266 g/mol. The van der Waals surface area contributed by atoms with Crippen LogP contribution in [-0.2, 0) is 0 Å². The molecular formula is C14H17N7. The van der Waals surface area contributed by atoms with Crippen molar-refractivity contribution in [2.45, 2.75) is 31.7 Å². The molecule has 0 aliphatic heterocycles. The summed E-state index contributed by atoms with van der Waals surface area (Å²) in [5.74, 6) is 1.68. The van der Waals surface area contributed by atoms with E-state index in [0.717, 1.165) is 11.3 Å². The molecule has 3 heterocycles. The second-order valence-electron chi connectivity index (χ2n) is 5.43. The number of rotatable bonds is 3. The third kappa shape index (κ3) is 2.20. The van der Waals surface area contributed by atoms with Gasteiger partial charge in [0, 0.05) is 18.4 Å². The minimum Gasteiger partial charge on any atom is -0.366 e. The van der Waals surface area contributed by atoms with E-state index in [4.69, 9.17) is 5.73 Å². The van der Waals surface area contributed by atoms with Gasteiger partial charge in [0.2, 0.25) is 5.95 Å². The second-order valence-corrected chi connectivity index (χ2v) is 5.43. The van der Waals surface area contributed by atoms with Gasteiger partial charge in [-0.2, -0.15) is 4.98 Å². The molecule has 0 amide bonds. The molecule has 1 aliphatic carbocycles. The maximum atomic E-state index is 5.73. The lowest BCUT2D eigenvalue weighted by Gasteiger charge is -2.09. The maximum Gasteiger partial charge on any atom is 0.240 e. The van der Waals surface area contributed by atoms with Crippen molar-refractivity contribution in [3.05, 3.63) is 30.9 Å². The number of nitrogens with one attached hydrogen (secondary N) is 1. The molecule has 0 aromatic carbocycles. The first kappa shape index (κ1) is 12.2. The number of aromatic nitrogens is 5. The summed E-state index contributed by atoms with van der Waals surface area (Å²) in [6.07, 6.45) is 10.8. The molecule has 7 heteroatoms. The molecule has 3 aromatic rings. The average Bonchev–Trinajstić information content (AvgIpc) is 3.19. The fourth-order valence-corrected chi connectivity index (χ4v) is 2.97. The molecule has 4 rings (SSSR count). The van der Waals surface area contributed by atoms with Gasteiger partial charge >= 0.3 is 0 Å². The Morgan fingerprint density at radius 3 is 3.00 bits per heavy atom. The molecule has 1 saturated carbocycles. The van der Waals surface area contributed by atoms with E-state index < -0.39 is 0 Å². The van der Waals surface area contributed by atoms with Crippen LogP contribution in [0.3, 0.4) is 0 Å². The molecule has 108 valence electrons. The molecule has 0 radical (unpaired) electrons. The zero-order valence-electron chi connectivity index (χ0n) is 11.6. The lowest BCUT2D eigenvalue weighted by atomic mass is 10.2. The average molecular weight is 283 g/mol. The Hall–Kier alpha value is -2.57. The van der Waals surface area contributed by atoms with Crippen LogP contribution in [0, 0.1) is 0 Å². The van der Waals surface area contributed by atoms with Crippen molar-refractivity contribution in [2.24, 2.45) is 0 Å². The molecule has 1 fully saturated rings. The van der Waals surface area contributed by atoms with Crippen molar-refractivity contribution in [1.82, 2.24) is 24.1 Å². The van der Waals surface area contributed by atoms with Crippen LogP contribution in [0.15, 0.2) is 30.9 Å². The fraction of sp³-hybridized carbons (Fsp3) is 0.357. The minimum absolute atomic E-state index is 0.233. The Bertz CT molecular complexity index is 767. The van der Waals surface area contributed by atoms with Crippen LogP contribution < -0.4 is 11.1 Å². The highest BCUT2D eigenvalue weighted by atomic mass is 15.3. The summed E-state index contributed by atoms with van der Waals surface area (Å²) in [4.78, 5) is 8.68. The highest BCUT2D eigenvalue weighted by Gasteiger charge is 2.17. The summed E-state index contributed by atoms with van der Waals surface area (Å²) >= 11 is 0. The van der Waals surface area contributed by atoms with Gasteiger partial charge in [0.1, 0.15) is 11.3 Å². The minimum atomic E-state index is 0.233. The first-order valence-electron chi connectivity index (χ1n) is 7.21. The van der Waals surface area contributed by atoms with Crippen LogP contribution in [0.5, 0.6) is 0 Å². The number of hydrogen-bond donors (Lipinski definition) is 2. The van der Waals surface area contributed by atoms with Gasteiger partial charge in [-0.05, 0) is 25.0 Å². The van der Waals surface area contributed by atoms with Crippen molar-refractivity contribution in [3.63, 3.8) is 0 Å². The van der Waals surface area contributed by atoms with Crippen molar-refractivity contribution in [2.75, 3.05) is 11.1 Å². The van der Waals surface area contributed by atoms with Crippen LogP contribution in [0.4, 0.5) is 17.6 Å². The van der Waals surface area contributed by atoms with Crippen LogP contribution in [0.2, 0.25) is 0 Å². The monoisotopic (exact) mass is 283 g/mol. The van der Waals surface area contributed by atoms with E-state index in [1.165, 1.54) is 25.7 Å². The summed E-state index contributed by atoms with van der Waals surface area (Å²) < 4.78 is 3.90.